The summed E-state index contributed by atoms with van der Waals surface area (Å²) in [6.07, 6.45) is 18.5. The highest BCUT2D eigenvalue weighted by molar-refractivity contribution is 6.48. The first kappa shape index (κ1) is 16.7. The van der Waals surface area contributed by atoms with E-state index in [1.807, 2.05) is 0 Å². The van der Waals surface area contributed by atoms with Crippen LogP contribution in [0.5, 0.6) is 0 Å². The Kier molecular flexibility index (Phi) is 15.4. The first-order valence-electron chi connectivity index (χ1n) is 7.71. The topological polar surface area (TPSA) is 0 Å². The maximum absolute atomic E-state index is 2.45. The van der Waals surface area contributed by atoms with Gasteiger partial charge in [0.1, 0.15) is 0 Å². The molecule has 0 unspecified atom stereocenters. The number of unbranched alkanes of at least 4 members (excludes halogenated alkanes) is 8. The van der Waals surface area contributed by atoms with Crippen molar-refractivity contribution in [3.05, 3.63) is 23.6 Å². The Morgan fingerprint density at radius 1 is 0.647 bits per heavy atom. The third-order valence-corrected chi connectivity index (χ3v) is 4.27. The third kappa shape index (κ3) is 15.7. The van der Waals surface area contributed by atoms with Crippen molar-refractivity contribution >= 4 is 9.52 Å². The summed E-state index contributed by atoms with van der Waals surface area (Å²) in [6.45, 7) is 4.54. The molecule has 1 heteroatoms. The molecule has 17 heavy (non-hydrogen) atoms. The summed E-state index contributed by atoms with van der Waals surface area (Å²) in [5, 5.41) is 0. The normalized spacial score (nSPS) is 12.6. The zero-order chi connectivity index (χ0) is 12.6. The monoisotopic (exact) mass is 252 g/mol. The second kappa shape index (κ2) is 15.7. The van der Waals surface area contributed by atoms with Crippen molar-refractivity contribution in [2.75, 3.05) is 0 Å². The molecular weight excluding hydrogens is 220 g/mol. The summed E-state index contributed by atoms with van der Waals surface area (Å²) in [7, 11) is -0.0288. The summed E-state index contributed by atoms with van der Waals surface area (Å²) in [5.74, 6) is 0. The van der Waals surface area contributed by atoms with Crippen molar-refractivity contribution in [1.82, 2.24) is 0 Å². The minimum atomic E-state index is -0.0288. The highest BCUT2D eigenvalue weighted by Crippen LogP contribution is 2.03. The van der Waals surface area contributed by atoms with Gasteiger partial charge < -0.3 is 0 Å². The molecule has 100 valence electrons. The second-order valence-electron chi connectivity index (χ2n) is 4.88. The van der Waals surface area contributed by atoms with Gasteiger partial charge in [0.15, 0.2) is 0 Å². The van der Waals surface area contributed by atoms with Gasteiger partial charge in [0, 0.05) is 0 Å². The Hall–Kier alpha value is -0.303. The first-order chi connectivity index (χ1) is 8.41. The van der Waals surface area contributed by atoms with Crippen molar-refractivity contribution in [2.45, 2.75) is 78.1 Å². The summed E-state index contributed by atoms with van der Waals surface area (Å²) in [5.41, 5.74) is 4.91. The Bertz CT molecular complexity index is 162. The van der Waals surface area contributed by atoms with Crippen LogP contribution in [0.25, 0.3) is 0 Å². The van der Waals surface area contributed by atoms with Crippen LogP contribution in [0.4, 0.5) is 0 Å². The SMILES string of the molecule is CCCCCCC=C[SiH2]C=CCCCCCC. The van der Waals surface area contributed by atoms with E-state index in [0.29, 0.717) is 0 Å². The number of rotatable bonds is 12. The molecule has 0 aliphatic rings. The molecule has 0 fully saturated rings. The van der Waals surface area contributed by atoms with Gasteiger partial charge in [0.25, 0.3) is 0 Å². The van der Waals surface area contributed by atoms with E-state index in [1.165, 1.54) is 64.2 Å². The molecule has 0 saturated heterocycles. The van der Waals surface area contributed by atoms with Crippen LogP contribution in [0.1, 0.15) is 78.1 Å². The smallest absolute Gasteiger partial charge is 0.0683 e. The van der Waals surface area contributed by atoms with Gasteiger partial charge in [0.2, 0.25) is 0 Å². The van der Waals surface area contributed by atoms with Gasteiger partial charge >= 0.3 is 0 Å². The molecule has 0 rings (SSSR count). The Morgan fingerprint density at radius 3 is 1.53 bits per heavy atom. The quantitative estimate of drug-likeness (QED) is 0.334. The molecule has 0 N–H and O–H groups in total. The summed E-state index contributed by atoms with van der Waals surface area (Å²) in [6, 6.07) is 0. The summed E-state index contributed by atoms with van der Waals surface area (Å²) < 4.78 is 0. The van der Waals surface area contributed by atoms with Gasteiger partial charge in [-0.2, -0.15) is 0 Å². The third-order valence-electron chi connectivity index (χ3n) is 3.05. The highest BCUT2D eigenvalue weighted by Gasteiger charge is 1.85. The predicted molar refractivity (Wildman–Crippen MR) is 84.3 cm³/mol. The van der Waals surface area contributed by atoms with Gasteiger partial charge in [-0.05, 0) is 25.7 Å². The minimum absolute atomic E-state index is 0.0288. The van der Waals surface area contributed by atoms with Crippen LogP contribution in [0.15, 0.2) is 23.6 Å². The van der Waals surface area contributed by atoms with E-state index in [9.17, 15) is 0 Å². The number of hydrogen-bond donors (Lipinski definition) is 0. The fourth-order valence-electron chi connectivity index (χ4n) is 1.88. The molecule has 0 saturated carbocycles. The average Bonchev–Trinajstić information content (AvgIpc) is 2.35. The Balaban J connectivity index is 3.14. The van der Waals surface area contributed by atoms with E-state index in [0.717, 1.165) is 0 Å². The molecule has 0 nitrogen and oxygen atoms in total. The molecule has 0 aliphatic heterocycles. The zero-order valence-corrected chi connectivity index (χ0v) is 13.5. The molecule has 0 bridgehead atoms. The van der Waals surface area contributed by atoms with Crippen LogP contribution in [0, 0.1) is 0 Å². The van der Waals surface area contributed by atoms with Gasteiger partial charge in [-0.3, -0.25) is 0 Å². The lowest BCUT2D eigenvalue weighted by Crippen LogP contribution is -1.79. The van der Waals surface area contributed by atoms with Gasteiger partial charge in [-0.15, -0.1) is 11.4 Å². The van der Waals surface area contributed by atoms with E-state index >= 15 is 0 Å². The molecule has 0 atom stereocenters. The van der Waals surface area contributed by atoms with Crippen LogP contribution in [-0.2, 0) is 0 Å². The van der Waals surface area contributed by atoms with E-state index in [1.54, 1.807) is 0 Å². The lowest BCUT2D eigenvalue weighted by Gasteiger charge is -1.94. The van der Waals surface area contributed by atoms with Crippen LogP contribution >= 0.6 is 0 Å². The highest BCUT2D eigenvalue weighted by atomic mass is 28.2. The summed E-state index contributed by atoms with van der Waals surface area (Å²) in [4.78, 5) is 0. The van der Waals surface area contributed by atoms with Crippen molar-refractivity contribution in [1.29, 1.82) is 0 Å². The fraction of sp³-hybridized carbons (Fsp3) is 0.750. The van der Waals surface area contributed by atoms with Crippen molar-refractivity contribution in [3.8, 4) is 0 Å². The molecule has 0 aliphatic carbocycles. The van der Waals surface area contributed by atoms with Gasteiger partial charge in [-0.25, -0.2) is 0 Å². The van der Waals surface area contributed by atoms with E-state index in [4.69, 9.17) is 0 Å². The first-order valence-corrected chi connectivity index (χ1v) is 9.35. The van der Waals surface area contributed by atoms with Crippen LogP contribution in [0.2, 0.25) is 0 Å². The molecular formula is C16H32Si. The molecule has 0 spiro atoms. The Labute approximate surface area is 111 Å². The molecule has 0 aromatic carbocycles. The lowest BCUT2D eigenvalue weighted by molar-refractivity contribution is 0.674. The van der Waals surface area contributed by atoms with Gasteiger partial charge in [0.05, 0.1) is 9.52 Å². The number of allylic oxidation sites excluding steroid dienone is 2. The van der Waals surface area contributed by atoms with E-state index in [2.05, 4.69) is 37.4 Å². The van der Waals surface area contributed by atoms with Crippen molar-refractivity contribution < 1.29 is 0 Å². The molecule has 0 heterocycles. The Morgan fingerprint density at radius 2 is 1.12 bits per heavy atom. The van der Waals surface area contributed by atoms with Crippen LogP contribution in [0.3, 0.4) is 0 Å². The average molecular weight is 253 g/mol. The summed E-state index contributed by atoms with van der Waals surface area (Å²) >= 11 is 0. The molecule has 0 radical (unpaired) electrons. The largest absolute Gasteiger partial charge is 0.101 e. The zero-order valence-electron chi connectivity index (χ0n) is 12.1. The standard InChI is InChI=1S/C16H32Si/c1-3-5-7-9-11-13-15-17-16-14-12-10-8-6-4-2/h13-16H,3-12,17H2,1-2H3. The molecule has 0 amide bonds. The maximum atomic E-state index is 2.45. The fourth-order valence-corrected chi connectivity index (χ4v) is 2.90. The number of hydrogen-bond acceptors (Lipinski definition) is 0. The van der Waals surface area contributed by atoms with Crippen molar-refractivity contribution in [3.63, 3.8) is 0 Å². The van der Waals surface area contributed by atoms with Crippen molar-refractivity contribution in [2.24, 2.45) is 0 Å². The second-order valence-corrected chi connectivity index (χ2v) is 6.29. The minimum Gasteiger partial charge on any atom is -0.101 e. The van der Waals surface area contributed by atoms with Gasteiger partial charge in [-0.1, -0.05) is 64.5 Å². The molecule has 0 aromatic rings. The maximum Gasteiger partial charge on any atom is 0.0683 e. The predicted octanol–water partition coefficient (Wildman–Crippen LogP) is 5.12. The lowest BCUT2D eigenvalue weighted by atomic mass is 10.2. The van der Waals surface area contributed by atoms with Crippen LogP contribution < -0.4 is 0 Å². The van der Waals surface area contributed by atoms with Crippen LogP contribution in [-0.4, -0.2) is 9.52 Å². The van der Waals surface area contributed by atoms with E-state index in [-0.39, 0.29) is 9.52 Å². The molecule has 0 aromatic heterocycles. The van der Waals surface area contributed by atoms with E-state index < -0.39 is 0 Å².